The van der Waals surface area contributed by atoms with Crippen LogP contribution in [0.2, 0.25) is 0 Å². The molecule has 4 rings (SSSR count). The fraction of sp³-hybridized carbons (Fsp3) is 0.308. The summed E-state index contributed by atoms with van der Waals surface area (Å²) in [4.78, 5) is 41.1. The van der Waals surface area contributed by atoms with Crippen LogP contribution >= 0.6 is 0 Å². The number of nitrogens with zero attached hydrogens (tertiary/aromatic N) is 3. The van der Waals surface area contributed by atoms with E-state index in [1.165, 1.54) is 29.2 Å². The molecule has 1 amide bonds. The minimum absolute atomic E-state index is 0.150. The molecule has 2 aromatic rings. The third-order valence-electron chi connectivity index (χ3n) is 6.20. The second kappa shape index (κ2) is 11.1. The molecule has 2 aromatic carbocycles. The normalized spacial score (nSPS) is 19.0. The van der Waals surface area contributed by atoms with Crippen molar-refractivity contribution in [2.75, 3.05) is 39.4 Å². The van der Waals surface area contributed by atoms with E-state index in [-0.39, 0.29) is 23.4 Å². The van der Waals surface area contributed by atoms with Crippen LogP contribution in [0.3, 0.4) is 0 Å². The summed E-state index contributed by atoms with van der Waals surface area (Å²) in [5.41, 5.74) is 0.603. The third kappa shape index (κ3) is 5.47. The number of aliphatic hydroxyl groups is 1. The first kappa shape index (κ1) is 24.3. The van der Waals surface area contributed by atoms with Crippen molar-refractivity contribution in [3.63, 3.8) is 0 Å². The fourth-order valence-corrected chi connectivity index (χ4v) is 4.46. The molecule has 0 bridgehead atoms. The summed E-state index contributed by atoms with van der Waals surface area (Å²) in [5, 5.41) is 22.5. The number of allylic oxidation sites excluding steroid dienone is 1. The number of hydrogen-bond acceptors (Lipinski definition) is 7. The minimum Gasteiger partial charge on any atom is -0.503 e. The van der Waals surface area contributed by atoms with Crippen LogP contribution in [0.25, 0.3) is 6.08 Å². The van der Waals surface area contributed by atoms with E-state index in [4.69, 9.17) is 4.74 Å². The quantitative estimate of drug-likeness (QED) is 0.335. The highest BCUT2D eigenvalue weighted by molar-refractivity contribution is 6.14. The van der Waals surface area contributed by atoms with Gasteiger partial charge in [-0.15, -0.1) is 0 Å². The van der Waals surface area contributed by atoms with Crippen LogP contribution in [0, 0.1) is 10.1 Å². The van der Waals surface area contributed by atoms with Crippen molar-refractivity contribution in [1.29, 1.82) is 0 Å². The largest absolute Gasteiger partial charge is 0.503 e. The number of hydrogen-bond donors (Lipinski definition) is 1. The molecule has 1 atom stereocenters. The van der Waals surface area contributed by atoms with Crippen molar-refractivity contribution in [2.45, 2.75) is 12.5 Å². The van der Waals surface area contributed by atoms with Crippen molar-refractivity contribution >= 4 is 23.5 Å². The topological polar surface area (TPSA) is 113 Å². The summed E-state index contributed by atoms with van der Waals surface area (Å²) in [6.07, 6.45) is 3.45. The smallest absolute Gasteiger partial charge is 0.290 e. The van der Waals surface area contributed by atoms with E-state index in [0.29, 0.717) is 26.2 Å². The lowest BCUT2D eigenvalue weighted by Crippen LogP contribution is -2.39. The molecular weight excluding hydrogens is 450 g/mol. The number of nitro benzene ring substituents is 1. The predicted octanol–water partition coefficient (Wildman–Crippen LogP) is 3.30. The number of aliphatic hydroxyl groups excluding tert-OH is 1. The second-order valence-electron chi connectivity index (χ2n) is 8.40. The Bertz CT molecular complexity index is 1150. The van der Waals surface area contributed by atoms with E-state index in [9.17, 15) is 24.8 Å². The van der Waals surface area contributed by atoms with Crippen LogP contribution in [0.15, 0.2) is 72.0 Å². The van der Waals surface area contributed by atoms with E-state index < -0.39 is 28.4 Å². The van der Waals surface area contributed by atoms with Crippen LogP contribution in [0.4, 0.5) is 5.69 Å². The SMILES string of the molecule is O=C(/C=C/c1ccccc1)C1=C(O)C(=O)N(CCCN2CCOCC2)[C@@H]1c1ccccc1[N+](=O)[O-]. The number of amides is 1. The Morgan fingerprint density at radius 3 is 2.49 bits per heavy atom. The summed E-state index contributed by atoms with van der Waals surface area (Å²) < 4.78 is 5.36. The number of benzene rings is 2. The Morgan fingerprint density at radius 2 is 1.77 bits per heavy atom. The highest BCUT2D eigenvalue weighted by Crippen LogP contribution is 2.41. The molecule has 9 heteroatoms. The number of carbonyl (C=O) groups is 2. The lowest BCUT2D eigenvalue weighted by molar-refractivity contribution is -0.385. The monoisotopic (exact) mass is 477 g/mol. The number of para-hydroxylation sites is 1. The van der Waals surface area contributed by atoms with E-state index in [1.807, 2.05) is 30.3 Å². The molecule has 35 heavy (non-hydrogen) atoms. The Balaban J connectivity index is 1.64. The summed E-state index contributed by atoms with van der Waals surface area (Å²) in [6.45, 7) is 3.81. The van der Waals surface area contributed by atoms with Crippen LogP contribution in [0.5, 0.6) is 0 Å². The number of ketones is 1. The van der Waals surface area contributed by atoms with Gasteiger partial charge >= 0.3 is 0 Å². The van der Waals surface area contributed by atoms with Crippen LogP contribution in [-0.4, -0.2) is 70.9 Å². The summed E-state index contributed by atoms with van der Waals surface area (Å²) >= 11 is 0. The summed E-state index contributed by atoms with van der Waals surface area (Å²) in [7, 11) is 0. The van der Waals surface area contributed by atoms with Crippen LogP contribution in [-0.2, 0) is 14.3 Å². The highest BCUT2D eigenvalue weighted by atomic mass is 16.6. The van der Waals surface area contributed by atoms with E-state index in [2.05, 4.69) is 4.90 Å². The summed E-state index contributed by atoms with van der Waals surface area (Å²) in [5.74, 6) is -1.94. The standard InChI is InChI=1S/C26H27N3O6/c30-22(12-11-19-7-2-1-3-8-19)23-24(20-9-4-5-10-21(20)29(33)34)28(26(32)25(23)31)14-6-13-27-15-17-35-18-16-27/h1-5,7-12,24,31H,6,13-18H2/b12-11+/t24-/m1/s1. The highest BCUT2D eigenvalue weighted by Gasteiger charge is 2.44. The lowest BCUT2D eigenvalue weighted by Gasteiger charge is -2.29. The van der Waals surface area contributed by atoms with Gasteiger partial charge in [0.1, 0.15) is 0 Å². The zero-order valence-electron chi connectivity index (χ0n) is 19.2. The van der Waals surface area contributed by atoms with Gasteiger partial charge in [0.25, 0.3) is 11.6 Å². The maximum absolute atomic E-state index is 13.2. The van der Waals surface area contributed by atoms with E-state index in [1.54, 1.807) is 12.1 Å². The first-order valence-electron chi connectivity index (χ1n) is 11.5. The Morgan fingerprint density at radius 1 is 1.09 bits per heavy atom. The molecule has 182 valence electrons. The van der Waals surface area contributed by atoms with Gasteiger partial charge in [-0.25, -0.2) is 0 Å². The van der Waals surface area contributed by atoms with Gasteiger partial charge < -0.3 is 14.7 Å². The second-order valence-corrected chi connectivity index (χ2v) is 8.40. The first-order chi connectivity index (χ1) is 17.0. The van der Waals surface area contributed by atoms with Crippen molar-refractivity contribution in [1.82, 2.24) is 9.80 Å². The maximum atomic E-state index is 13.2. The third-order valence-corrected chi connectivity index (χ3v) is 6.20. The van der Waals surface area contributed by atoms with Gasteiger partial charge in [0, 0.05) is 32.2 Å². The molecule has 0 aliphatic carbocycles. The molecule has 1 saturated heterocycles. The van der Waals surface area contributed by atoms with Gasteiger partial charge in [0.15, 0.2) is 11.5 Å². The van der Waals surface area contributed by atoms with Gasteiger partial charge in [-0.1, -0.05) is 48.5 Å². The zero-order chi connectivity index (χ0) is 24.8. The number of carbonyl (C=O) groups excluding carboxylic acids is 2. The van der Waals surface area contributed by atoms with E-state index in [0.717, 1.165) is 18.7 Å². The Labute approximate surface area is 203 Å². The number of nitro groups is 1. The van der Waals surface area contributed by atoms with Crippen LogP contribution < -0.4 is 0 Å². The predicted molar refractivity (Wildman–Crippen MR) is 130 cm³/mol. The molecule has 0 unspecified atom stereocenters. The lowest BCUT2D eigenvalue weighted by atomic mass is 9.94. The van der Waals surface area contributed by atoms with Gasteiger partial charge in [-0.05, 0) is 24.1 Å². The molecule has 0 aromatic heterocycles. The number of ether oxygens (including phenoxy) is 1. The van der Waals surface area contributed by atoms with Crippen molar-refractivity contribution < 1.29 is 24.4 Å². The molecule has 1 N–H and O–H groups in total. The molecule has 9 nitrogen and oxygen atoms in total. The molecule has 1 fully saturated rings. The number of rotatable bonds is 9. The maximum Gasteiger partial charge on any atom is 0.290 e. The first-order valence-corrected chi connectivity index (χ1v) is 11.5. The van der Waals surface area contributed by atoms with Gasteiger partial charge in [0.05, 0.1) is 35.3 Å². The van der Waals surface area contributed by atoms with Crippen molar-refractivity contribution in [3.05, 3.63) is 93.2 Å². The average molecular weight is 478 g/mol. The van der Waals surface area contributed by atoms with Crippen molar-refractivity contribution in [2.24, 2.45) is 0 Å². The number of morpholine rings is 1. The molecule has 2 heterocycles. The molecule has 2 aliphatic heterocycles. The van der Waals surface area contributed by atoms with Crippen LogP contribution in [0.1, 0.15) is 23.6 Å². The zero-order valence-corrected chi connectivity index (χ0v) is 19.2. The Hall–Kier alpha value is -3.82. The average Bonchev–Trinajstić information content (AvgIpc) is 3.13. The van der Waals surface area contributed by atoms with Gasteiger partial charge in [-0.2, -0.15) is 0 Å². The van der Waals surface area contributed by atoms with Gasteiger partial charge in [-0.3, -0.25) is 24.6 Å². The molecule has 0 radical (unpaired) electrons. The molecular formula is C26H27N3O6. The fourth-order valence-electron chi connectivity index (χ4n) is 4.46. The summed E-state index contributed by atoms with van der Waals surface area (Å²) in [6, 6.07) is 14.1. The van der Waals surface area contributed by atoms with E-state index >= 15 is 0 Å². The molecule has 0 saturated carbocycles. The molecule has 0 spiro atoms. The van der Waals surface area contributed by atoms with Gasteiger partial charge in [0.2, 0.25) is 0 Å². The molecule has 2 aliphatic rings. The minimum atomic E-state index is -1.05. The van der Waals surface area contributed by atoms with Crippen molar-refractivity contribution in [3.8, 4) is 0 Å². The Kier molecular flexibility index (Phi) is 7.69.